The molecule has 7 aromatic carbocycles. The summed E-state index contributed by atoms with van der Waals surface area (Å²) in [4.78, 5) is 2.22. The summed E-state index contributed by atoms with van der Waals surface area (Å²) in [6, 6.07) is 59.1. The monoisotopic (exact) mass is 550 g/mol. The van der Waals surface area contributed by atoms with Gasteiger partial charge in [0.05, 0.1) is 11.0 Å². The van der Waals surface area contributed by atoms with Gasteiger partial charge in [-0.3, -0.25) is 0 Å². The summed E-state index contributed by atoms with van der Waals surface area (Å²) >= 11 is 0. The number of hydrogen-bond acceptors (Lipinski definition) is 1. The van der Waals surface area contributed by atoms with E-state index in [2.05, 4.69) is 180 Å². The molecule has 43 heavy (non-hydrogen) atoms. The minimum Gasteiger partial charge on any atom is -0.345 e. The summed E-state index contributed by atoms with van der Waals surface area (Å²) in [6.45, 7) is 0. The lowest BCUT2D eigenvalue weighted by Gasteiger charge is -2.19. The highest BCUT2D eigenvalue weighted by atomic mass is 15.1. The van der Waals surface area contributed by atoms with Crippen molar-refractivity contribution in [2.24, 2.45) is 0 Å². The van der Waals surface area contributed by atoms with E-state index < -0.39 is 0 Å². The minimum absolute atomic E-state index is 1.16. The fourth-order valence-electron chi connectivity index (χ4n) is 6.27. The van der Waals surface area contributed by atoms with E-state index in [0.29, 0.717) is 0 Å². The molecule has 0 atom stereocenters. The van der Waals surface area contributed by atoms with Crippen LogP contribution in [0, 0.1) is 0 Å². The second-order valence-electron chi connectivity index (χ2n) is 11.1. The molecule has 1 heterocycles. The Balaban J connectivity index is 1.25. The van der Waals surface area contributed by atoms with Crippen molar-refractivity contribution in [1.29, 1.82) is 0 Å². The minimum atomic E-state index is 1.16. The lowest BCUT2D eigenvalue weighted by atomic mass is 10.0. The van der Waals surface area contributed by atoms with Crippen LogP contribution in [-0.4, -0.2) is 11.6 Å². The van der Waals surface area contributed by atoms with E-state index in [9.17, 15) is 0 Å². The van der Waals surface area contributed by atoms with Gasteiger partial charge >= 0.3 is 0 Å². The first-order valence-electron chi connectivity index (χ1n) is 14.7. The maximum Gasteiger partial charge on any atom is 0.0547 e. The average molecular weight is 551 g/mol. The molecule has 0 unspecified atom stereocenters. The van der Waals surface area contributed by atoms with Crippen molar-refractivity contribution in [3.05, 3.63) is 164 Å². The number of para-hydroxylation sites is 1. The molecule has 0 aliphatic carbocycles. The van der Waals surface area contributed by atoms with E-state index in [4.69, 9.17) is 0 Å². The molecule has 0 fully saturated rings. The van der Waals surface area contributed by atoms with Crippen LogP contribution in [0.15, 0.2) is 164 Å². The van der Waals surface area contributed by atoms with Crippen molar-refractivity contribution in [2.45, 2.75) is 0 Å². The third kappa shape index (κ3) is 4.45. The number of anilines is 2. The third-order valence-corrected chi connectivity index (χ3v) is 8.60. The molecule has 0 aliphatic heterocycles. The van der Waals surface area contributed by atoms with Crippen LogP contribution < -0.4 is 4.90 Å². The van der Waals surface area contributed by atoms with Crippen LogP contribution >= 0.6 is 0 Å². The van der Waals surface area contributed by atoms with Crippen LogP contribution in [-0.2, 0) is 0 Å². The molecule has 0 spiro atoms. The number of nitrogens with zero attached hydrogens (tertiary/aromatic N) is 2. The quantitative estimate of drug-likeness (QED) is 0.207. The fourth-order valence-corrected chi connectivity index (χ4v) is 6.27. The number of aromatic nitrogens is 1. The van der Waals surface area contributed by atoms with Gasteiger partial charge in [-0.05, 0) is 93.7 Å². The number of fused-ring (bicyclic) bond motifs is 4. The predicted octanol–water partition coefficient (Wildman–Crippen LogP) is 11.0. The Hall–Kier alpha value is -5.60. The number of benzene rings is 7. The topological polar surface area (TPSA) is 8.17 Å². The molecular formula is C41H30N2. The van der Waals surface area contributed by atoms with Crippen molar-refractivity contribution in [3.8, 4) is 27.9 Å². The van der Waals surface area contributed by atoms with Gasteiger partial charge in [0.2, 0.25) is 0 Å². The van der Waals surface area contributed by atoms with E-state index >= 15 is 0 Å². The average Bonchev–Trinajstić information content (AvgIpc) is 3.40. The molecule has 0 radical (unpaired) electrons. The summed E-state index contributed by atoms with van der Waals surface area (Å²) in [5.74, 6) is 0. The highest BCUT2D eigenvalue weighted by Crippen LogP contribution is 2.38. The largest absolute Gasteiger partial charge is 0.345 e. The summed E-state index contributed by atoms with van der Waals surface area (Å²) in [7, 11) is 2.11. The van der Waals surface area contributed by atoms with E-state index in [1.807, 2.05) is 0 Å². The van der Waals surface area contributed by atoms with E-state index in [-0.39, 0.29) is 0 Å². The Kier molecular flexibility index (Phi) is 6.05. The smallest absolute Gasteiger partial charge is 0.0547 e. The van der Waals surface area contributed by atoms with Crippen molar-refractivity contribution in [2.75, 3.05) is 11.9 Å². The first kappa shape index (κ1) is 25.1. The van der Waals surface area contributed by atoms with Gasteiger partial charge < -0.3 is 9.47 Å². The standard InChI is InChI=1S/C41H30N2/c1-42(35-14-6-3-7-15-35)36-21-16-31(17-22-36)34-20-25-40-38(27-34)39-26-32-12-8-9-13-33(32)28-41(39)43(40)37-23-18-30(19-24-37)29-10-4-2-5-11-29/h2-28H,1H3. The van der Waals surface area contributed by atoms with Crippen LogP contribution in [0.25, 0.3) is 60.5 Å². The van der Waals surface area contributed by atoms with Gasteiger partial charge in [-0.2, -0.15) is 0 Å². The molecule has 204 valence electrons. The van der Waals surface area contributed by atoms with Gasteiger partial charge in [-0.25, -0.2) is 0 Å². The SMILES string of the molecule is CN(c1ccccc1)c1ccc(-c2ccc3c(c2)c2cc4ccccc4cc2n3-c2ccc(-c3ccccc3)cc2)cc1. The van der Waals surface area contributed by atoms with Crippen molar-refractivity contribution in [3.63, 3.8) is 0 Å². The highest BCUT2D eigenvalue weighted by Gasteiger charge is 2.15. The van der Waals surface area contributed by atoms with Crippen LogP contribution in [0.1, 0.15) is 0 Å². The Bertz CT molecular complexity index is 2210. The molecule has 2 nitrogen and oxygen atoms in total. The zero-order valence-corrected chi connectivity index (χ0v) is 24.0. The number of rotatable bonds is 5. The lowest BCUT2D eigenvalue weighted by Crippen LogP contribution is -2.08. The molecule has 2 heteroatoms. The zero-order valence-electron chi connectivity index (χ0n) is 24.0. The first-order valence-corrected chi connectivity index (χ1v) is 14.7. The molecule has 8 aromatic rings. The molecule has 0 saturated carbocycles. The maximum absolute atomic E-state index is 2.41. The van der Waals surface area contributed by atoms with Crippen molar-refractivity contribution < 1.29 is 0 Å². The van der Waals surface area contributed by atoms with Crippen LogP contribution in [0.3, 0.4) is 0 Å². The normalized spacial score (nSPS) is 11.4. The second kappa shape index (κ2) is 10.3. The van der Waals surface area contributed by atoms with E-state index in [1.54, 1.807) is 0 Å². The van der Waals surface area contributed by atoms with Gasteiger partial charge in [-0.15, -0.1) is 0 Å². The highest BCUT2D eigenvalue weighted by molar-refractivity contribution is 6.14. The van der Waals surface area contributed by atoms with Crippen LogP contribution in [0.5, 0.6) is 0 Å². The number of hydrogen-bond donors (Lipinski definition) is 0. The molecule has 0 amide bonds. The Labute approximate surface area is 251 Å². The first-order chi connectivity index (χ1) is 21.2. The van der Waals surface area contributed by atoms with Gasteiger partial charge in [0.1, 0.15) is 0 Å². The fraction of sp³-hybridized carbons (Fsp3) is 0.0244. The van der Waals surface area contributed by atoms with Crippen molar-refractivity contribution in [1.82, 2.24) is 4.57 Å². The maximum atomic E-state index is 2.41. The molecule has 8 rings (SSSR count). The molecule has 0 bridgehead atoms. The van der Waals surface area contributed by atoms with E-state index in [1.165, 1.54) is 60.5 Å². The summed E-state index contributed by atoms with van der Waals surface area (Å²) in [5, 5.41) is 5.03. The van der Waals surface area contributed by atoms with Gasteiger partial charge in [0, 0.05) is 34.9 Å². The Morgan fingerprint density at radius 1 is 0.395 bits per heavy atom. The van der Waals surface area contributed by atoms with Gasteiger partial charge in [0.25, 0.3) is 0 Å². The summed E-state index contributed by atoms with van der Waals surface area (Å²) in [6.07, 6.45) is 0. The summed E-state index contributed by atoms with van der Waals surface area (Å²) in [5.41, 5.74) is 10.8. The molecule has 0 saturated heterocycles. The Morgan fingerprint density at radius 3 is 1.63 bits per heavy atom. The molecule has 0 N–H and O–H groups in total. The second-order valence-corrected chi connectivity index (χ2v) is 11.1. The summed E-state index contributed by atoms with van der Waals surface area (Å²) < 4.78 is 2.41. The molecule has 1 aromatic heterocycles. The van der Waals surface area contributed by atoms with Crippen LogP contribution in [0.2, 0.25) is 0 Å². The van der Waals surface area contributed by atoms with Gasteiger partial charge in [0.15, 0.2) is 0 Å². The van der Waals surface area contributed by atoms with E-state index in [0.717, 1.165) is 11.4 Å². The molecular weight excluding hydrogens is 520 g/mol. The van der Waals surface area contributed by atoms with Gasteiger partial charge in [-0.1, -0.05) is 103 Å². The zero-order chi connectivity index (χ0) is 28.8. The lowest BCUT2D eigenvalue weighted by molar-refractivity contribution is 1.18. The molecule has 0 aliphatic rings. The third-order valence-electron chi connectivity index (χ3n) is 8.60. The predicted molar refractivity (Wildman–Crippen MR) is 184 cm³/mol. The Morgan fingerprint density at radius 2 is 0.907 bits per heavy atom. The van der Waals surface area contributed by atoms with Crippen molar-refractivity contribution >= 4 is 44.0 Å². The van der Waals surface area contributed by atoms with Crippen LogP contribution in [0.4, 0.5) is 11.4 Å².